The average molecular weight is 819 g/mol. The van der Waals surface area contributed by atoms with Crippen LogP contribution in [0.25, 0.3) is 111 Å². The maximum Gasteiger partial charge on any atom is 0.160 e. The van der Waals surface area contributed by atoms with Crippen LogP contribution >= 0.6 is 0 Å². The van der Waals surface area contributed by atoms with E-state index in [0.29, 0.717) is 5.82 Å². The molecule has 0 saturated carbocycles. The molecule has 1 aliphatic rings. The summed E-state index contributed by atoms with van der Waals surface area (Å²) in [6, 6.07) is 78.0. The summed E-state index contributed by atoms with van der Waals surface area (Å²) in [5, 5.41) is 2.21. The molecule has 0 radical (unpaired) electrons. The quantitative estimate of drug-likeness (QED) is 0.161. The number of nitrogens with zero attached hydrogens (tertiary/aromatic N) is 2. The van der Waals surface area contributed by atoms with Gasteiger partial charge in [-0.25, -0.2) is 9.97 Å². The number of hydrogen-bond donors (Lipinski definition) is 0. The number of furan rings is 1. The number of para-hydroxylation sites is 1. The highest BCUT2D eigenvalue weighted by molar-refractivity contribution is 6.06. The third-order valence-corrected chi connectivity index (χ3v) is 13.1. The highest BCUT2D eigenvalue weighted by Gasteiger charge is 2.36. The van der Waals surface area contributed by atoms with Gasteiger partial charge in [0.15, 0.2) is 5.82 Å². The molecule has 2 aromatic heterocycles. The SMILES string of the molecule is CC1(C)c2cc(-c3ccccc3)ccc2-c2ccc(-c3ccc(-c4cc(-c5cc(-c6ccccc6)cc(-c6ccc7oc8ccccc8c7c6)c5)nc(-c5ccccc5)n4)cc3)cc21. The molecule has 0 fully saturated rings. The molecule has 2 heterocycles. The van der Waals surface area contributed by atoms with Crippen LogP contribution in [0, 0.1) is 0 Å². The maximum absolute atomic E-state index is 6.21. The van der Waals surface area contributed by atoms with Crippen LogP contribution < -0.4 is 0 Å². The summed E-state index contributed by atoms with van der Waals surface area (Å²) in [6.45, 7) is 4.71. The molecule has 0 amide bonds. The van der Waals surface area contributed by atoms with Crippen LogP contribution in [0.5, 0.6) is 0 Å². The molecule has 0 bridgehead atoms. The molecule has 64 heavy (non-hydrogen) atoms. The van der Waals surface area contributed by atoms with E-state index in [9.17, 15) is 0 Å². The van der Waals surface area contributed by atoms with E-state index in [1.165, 1.54) is 44.5 Å². The molecule has 3 nitrogen and oxygen atoms in total. The van der Waals surface area contributed by atoms with Gasteiger partial charge in [0.05, 0.1) is 11.4 Å². The number of aromatic nitrogens is 2. The van der Waals surface area contributed by atoms with Crippen molar-refractivity contribution >= 4 is 21.9 Å². The lowest BCUT2D eigenvalue weighted by Gasteiger charge is -2.22. The van der Waals surface area contributed by atoms with E-state index in [4.69, 9.17) is 14.4 Å². The van der Waals surface area contributed by atoms with Crippen LogP contribution in [0.1, 0.15) is 25.0 Å². The molecule has 12 rings (SSSR count). The standard InChI is InChI=1S/C61H42N2O/c1-61(2)54-36-45(39-14-6-3-7-15-39)26-29-50(54)51-30-27-46(37-55(51)61)41-22-24-42(25-23-41)56-38-57(63-60(62-56)43-18-10-5-11-19-43)49-33-47(40-16-8-4-9-17-40)32-48(34-49)44-28-31-59-53(35-44)52-20-12-13-21-58(52)64-59/h3-38H,1-2H3. The van der Waals surface area contributed by atoms with Gasteiger partial charge in [-0.05, 0) is 121 Å². The Morgan fingerprint density at radius 2 is 0.750 bits per heavy atom. The van der Waals surface area contributed by atoms with E-state index in [0.717, 1.165) is 72.3 Å². The zero-order chi connectivity index (χ0) is 42.8. The number of fused-ring (bicyclic) bond motifs is 6. The highest BCUT2D eigenvalue weighted by Crippen LogP contribution is 2.51. The summed E-state index contributed by atoms with van der Waals surface area (Å²) in [5.74, 6) is 0.686. The molecule has 0 spiro atoms. The Bertz CT molecular complexity index is 3550. The van der Waals surface area contributed by atoms with Gasteiger partial charge in [-0.1, -0.05) is 178 Å². The molecule has 0 N–H and O–H groups in total. The van der Waals surface area contributed by atoms with E-state index in [1.54, 1.807) is 0 Å². The molecule has 3 heteroatoms. The highest BCUT2D eigenvalue weighted by atomic mass is 16.3. The average Bonchev–Trinajstić information content (AvgIpc) is 3.85. The second-order valence-electron chi connectivity index (χ2n) is 17.4. The number of hydrogen-bond acceptors (Lipinski definition) is 3. The number of rotatable bonds is 7. The molecule has 0 aliphatic heterocycles. The zero-order valence-corrected chi connectivity index (χ0v) is 35.6. The van der Waals surface area contributed by atoms with Gasteiger partial charge < -0.3 is 4.42 Å². The minimum Gasteiger partial charge on any atom is -0.456 e. The largest absolute Gasteiger partial charge is 0.456 e. The van der Waals surface area contributed by atoms with Gasteiger partial charge in [0.1, 0.15) is 11.2 Å². The third kappa shape index (κ3) is 6.53. The fourth-order valence-corrected chi connectivity index (χ4v) is 9.67. The van der Waals surface area contributed by atoms with Crippen molar-refractivity contribution in [3.05, 3.63) is 230 Å². The van der Waals surface area contributed by atoms with E-state index >= 15 is 0 Å². The summed E-state index contributed by atoms with van der Waals surface area (Å²) >= 11 is 0. The Morgan fingerprint density at radius 3 is 1.39 bits per heavy atom. The second kappa shape index (κ2) is 15.0. The normalized spacial score (nSPS) is 12.7. The molecule has 302 valence electrons. The lowest BCUT2D eigenvalue weighted by atomic mass is 9.81. The van der Waals surface area contributed by atoms with Gasteiger partial charge >= 0.3 is 0 Å². The summed E-state index contributed by atoms with van der Waals surface area (Å²) in [6.07, 6.45) is 0. The van der Waals surface area contributed by atoms with Crippen LogP contribution in [0.3, 0.4) is 0 Å². The van der Waals surface area contributed by atoms with Gasteiger partial charge in [0.2, 0.25) is 0 Å². The summed E-state index contributed by atoms with van der Waals surface area (Å²) < 4.78 is 6.21. The summed E-state index contributed by atoms with van der Waals surface area (Å²) in [5.41, 5.74) is 21.1. The lowest BCUT2D eigenvalue weighted by molar-refractivity contribution is 0.661. The number of benzene rings is 9. The van der Waals surface area contributed by atoms with Crippen molar-refractivity contribution in [3.8, 4) is 89.5 Å². The van der Waals surface area contributed by atoms with Gasteiger partial charge in [-0.3, -0.25) is 0 Å². The smallest absolute Gasteiger partial charge is 0.160 e. The molecule has 0 atom stereocenters. The molecule has 0 saturated heterocycles. The fraction of sp³-hybridized carbons (Fsp3) is 0.0492. The van der Waals surface area contributed by atoms with E-state index in [2.05, 4.69) is 202 Å². The van der Waals surface area contributed by atoms with Gasteiger partial charge in [0.25, 0.3) is 0 Å². The van der Waals surface area contributed by atoms with Crippen molar-refractivity contribution in [2.75, 3.05) is 0 Å². The zero-order valence-electron chi connectivity index (χ0n) is 35.6. The van der Waals surface area contributed by atoms with Crippen molar-refractivity contribution in [1.29, 1.82) is 0 Å². The predicted molar refractivity (Wildman–Crippen MR) is 265 cm³/mol. The topological polar surface area (TPSA) is 38.9 Å². The molecule has 0 unspecified atom stereocenters. The third-order valence-electron chi connectivity index (χ3n) is 13.1. The van der Waals surface area contributed by atoms with Crippen molar-refractivity contribution in [3.63, 3.8) is 0 Å². The van der Waals surface area contributed by atoms with E-state index < -0.39 is 0 Å². The van der Waals surface area contributed by atoms with Crippen molar-refractivity contribution in [2.24, 2.45) is 0 Å². The van der Waals surface area contributed by atoms with Gasteiger partial charge in [-0.2, -0.15) is 0 Å². The van der Waals surface area contributed by atoms with Crippen LogP contribution in [-0.4, -0.2) is 9.97 Å². The predicted octanol–water partition coefficient (Wildman–Crippen LogP) is 16.4. The first-order valence-corrected chi connectivity index (χ1v) is 22.0. The van der Waals surface area contributed by atoms with Crippen LogP contribution in [-0.2, 0) is 5.41 Å². The molecular weight excluding hydrogens is 777 g/mol. The summed E-state index contributed by atoms with van der Waals surface area (Å²) in [7, 11) is 0. The van der Waals surface area contributed by atoms with Crippen LogP contribution in [0.4, 0.5) is 0 Å². The summed E-state index contributed by atoms with van der Waals surface area (Å²) in [4.78, 5) is 10.5. The van der Waals surface area contributed by atoms with Crippen molar-refractivity contribution < 1.29 is 4.42 Å². The maximum atomic E-state index is 6.21. The van der Waals surface area contributed by atoms with Crippen molar-refractivity contribution in [2.45, 2.75) is 19.3 Å². The molecule has 9 aromatic carbocycles. The fourth-order valence-electron chi connectivity index (χ4n) is 9.67. The Hall–Kier alpha value is -8.14. The molecule has 11 aromatic rings. The van der Waals surface area contributed by atoms with Gasteiger partial charge in [0, 0.05) is 32.9 Å². The van der Waals surface area contributed by atoms with Crippen molar-refractivity contribution in [1.82, 2.24) is 9.97 Å². The minimum atomic E-state index is -0.130. The monoisotopic (exact) mass is 818 g/mol. The van der Waals surface area contributed by atoms with Crippen LogP contribution in [0.15, 0.2) is 223 Å². The van der Waals surface area contributed by atoms with E-state index in [-0.39, 0.29) is 5.41 Å². The van der Waals surface area contributed by atoms with Crippen LogP contribution in [0.2, 0.25) is 0 Å². The van der Waals surface area contributed by atoms with Gasteiger partial charge in [-0.15, -0.1) is 0 Å². The first-order valence-electron chi connectivity index (χ1n) is 22.0. The van der Waals surface area contributed by atoms with E-state index in [1.807, 2.05) is 30.3 Å². The second-order valence-corrected chi connectivity index (χ2v) is 17.4. The Kier molecular flexibility index (Phi) is 8.84. The Balaban J connectivity index is 0.937. The lowest BCUT2D eigenvalue weighted by Crippen LogP contribution is -2.15. The minimum absolute atomic E-state index is 0.130. The molecular formula is C61H42N2O. The molecule has 1 aliphatic carbocycles. The first kappa shape index (κ1) is 37.6. The first-order chi connectivity index (χ1) is 31.4. The Morgan fingerprint density at radius 1 is 0.312 bits per heavy atom. The Labute approximate surface area is 373 Å².